The number of aliphatic imine (C=N–C) groups is 1. The molecule has 0 bridgehead atoms. The smallest absolute Gasteiger partial charge is 0.244 e. The summed E-state index contributed by atoms with van der Waals surface area (Å²) in [6, 6.07) is 0. The van der Waals surface area contributed by atoms with Crippen molar-refractivity contribution in [1.82, 2.24) is 0 Å². The molecule has 0 fully saturated rings. The number of carbonyl (C=O) groups excluding carboxylic acids is 1. The Hall–Kier alpha value is -0.550. The third kappa shape index (κ3) is 5.58. The van der Waals surface area contributed by atoms with Crippen molar-refractivity contribution in [3.8, 4) is 0 Å². The first-order valence-electron chi connectivity index (χ1n) is 2.84. The molecular formula is C5H11N3OS. The van der Waals surface area contributed by atoms with Crippen molar-refractivity contribution in [2.24, 2.45) is 16.5 Å². The monoisotopic (exact) mass is 161 g/mol. The van der Waals surface area contributed by atoms with E-state index in [-0.39, 0.29) is 11.1 Å². The minimum Gasteiger partial charge on any atom is -0.378 e. The predicted molar refractivity (Wildman–Crippen MR) is 43.8 cm³/mol. The van der Waals surface area contributed by atoms with Crippen LogP contribution in [0, 0.1) is 0 Å². The fourth-order valence-electron chi connectivity index (χ4n) is 0.351. The average Bonchev–Trinajstić information content (AvgIpc) is 1.82. The summed E-state index contributed by atoms with van der Waals surface area (Å²) in [6.07, 6.45) is 0. The van der Waals surface area contributed by atoms with E-state index in [1.165, 1.54) is 18.7 Å². The first-order chi connectivity index (χ1) is 4.66. The van der Waals surface area contributed by atoms with Gasteiger partial charge in [0.2, 0.25) is 5.91 Å². The standard InChI is InChI=1S/C5H11N3OS/c1-4(9)8-5(7)10-3-2-6/h2-3,6H2,1H3,(H2,7,8,9). The van der Waals surface area contributed by atoms with Crippen molar-refractivity contribution in [3.05, 3.63) is 0 Å². The molecule has 0 saturated heterocycles. The molecule has 10 heavy (non-hydrogen) atoms. The second-order valence-corrected chi connectivity index (χ2v) is 2.72. The molecule has 0 aliphatic carbocycles. The Morgan fingerprint density at radius 1 is 1.70 bits per heavy atom. The third-order valence-electron chi connectivity index (χ3n) is 0.635. The van der Waals surface area contributed by atoms with Gasteiger partial charge in [0.05, 0.1) is 0 Å². The summed E-state index contributed by atoms with van der Waals surface area (Å²) >= 11 is 1.29. The van der Waals surface area contributed by atoms with Gasteiger partial charge in [-0.2, -0.15) is 4.99 Å². The number of nitrogens with two attached hydrogens (primary N) is 2. The van der Waals surface area contributed by atoms with Crippen LogP contribution in [0.3, 0.4) is 0 Å². The second-order valence-electron chi connectivity index (χ2n) is 1.61. The Labute approximate surface area is 64.1 Å². The van der Waals surface area contributed by atoms with E-state index in [0.29, 0.717) is 12.3 Å². The molecule has 0 heterocycles. The summed E-state index contributed by atoms with van der Waals surface area (Å²) < 4.78 is 0. The van der Waals surface area contributed by atoms with Gasteiger partial charge in [-0.3, -0.25) is 4.79 Å². The number of amidine groups is 1. The highest BCUT2D eigenvalue weighted by atomic mass is 32.2. The number of thioether (sulfide) groups is 1. The highest BCUT2D eigenvalue weighted by Gasteiger charge is 1.93. The quantitative estimate of drug-likeness (QED) is 0.424. The van der Waals surface area contributed by atoms with E-state index in [1.807, 2.05) is 0 Å². The minimum absolute atomic E-state index is 0.276. The van der Waals surface area contributed by atoms with Gasteiger partial charge in [-0.25, -0.2) is 0 Å². The zero-order chi connectivity index (χ0) is 7.98. The average molecular weight is 161 g/mol. The van der Waals surface area contributed by atoms with Gasteiger partial charge < -0.3 is 11.5 Å². The van der Waals surface area contributed by atoms with Gasteiger partial charge >= 0.3 is 0 Å². The highest BCUT2D eigenvalue weighted by molar-refractivity contribution is 8.13. The molecule has 0 aromatic carbocycles. The maximum absolute atomic E-state index is 10.3. The van der Waals surface area contributed by atoms with Crippen LogP contribution in [0.4, 0.5) is 0 Å². The Kier molecular flexibility index (Phi) is 4.96. The lowest BCUT2D eigenvalue weighted by Crippen LogP contribution is -2.12. The lowest BCUT2D eigenvalue weighted by Gasteiger charge is -1.94. The molecule has 5 heteroatoms. The molecule has 0 aliphatic heterocycles. The van der Waals surface area contributed by atoms with E-state index in [9.17, 15) is 4.79 Å². The minimum atomic E-state index is -0.276. The molecule has 0 aromatic heterocycles. The molecule has 0 aliphatic rings. The summed E-state index contributed by atoms with van der Waals surface area (Å²) in [5.74, 6) is 0.421. The third-order valence-corrected chi connectivity index (χ3v) is 1.46. The Balaban J connectivity index is 3.60. The summed E-state index contributed by atoms with van der Waals surface area (Å²) in [5, 5.41) is 0.290. The van der Waals surface area contributed by atoms with Crippen molar-refractivity contribution in [1.29, 1.82) is 0 Å². The van der Waals surface area contributed by atoms with E-state index in [4.69, 9.17) is 11.5 Å². The molecule has 4 N–H and O–H groups in total. The maximum atomic E-state index is 10.3. The topological polar surface area (TPSA) is 81.5 Å². The van der Waals surface area contributed by atoms with Crippen LogP contribution in [0.5, 0.6) is 0 Å². The SMILES string of the molecule is CC(=O)N=C(N)SCCN. The zero-order valence-corrected chi connectivity index (χ0v) is 6.65. The molecule has 58 valence electrons. The molecule has 0 spiro atoms. The lowest BCUT2D eigenvalue weighted by molar-refractivity contribution is -0.115. The van der Waals surface area contributed by atoms with E-state index >= 15 is 0 Å². The molecule has 0 saturated carbocycles. The number of amides is 1. The normalized spacial score (nSPS) is 11.6. The van der Waals surface area contributed by atoms with Crippen LogP contribution in [0.1, 0.15) is 6.92 Å². The van der Waals surface area contributed by atoms with Crippen molar-refractivity contribution >= 4 is 22.8 Å². The molecule has 0 aromatic rings. The fourth-order valence-corrected chi connectivity index (χ4v) is 0.871. The largest absolute Gasteiger partial charge is 0.378 e. The summed E-state index contributed by atoms with van der Waals surface area (Å²) in [5.41, 5.74) is 10.5. The van der Waals surface area contributed by atoms with Crippen LogP contribution in [0.15, 0.2) is 4.99 Å². The van der Waals surface area contributed by atoms with Crippen LogP contribution < -0.4 is 11.5 Å². The van der Waals surface area contributed by atoms with Crippen LogP contribution in [-0.2, 0) is 4.79 Å². The van der Waals surface area contributed by atoms with Gasteiger partial charge in [-0.1, -0.05) is 11.8 Å². The molecular weight excluding hydrogens is 150 g/mol. The molecule has 0 atom stereocenters. The van der Waals surface area contributed by atoms with E-state index in [1.54, 1.807) is 0 Å². The van der Waals surface area contributed by atoms with Crippen molar-refractivity contribution in [3.63, 3.8) is 0 Å². The Morgan fingerprint density at radius 3 is 2.70 bits per heavy atom. The number of rotatable bonds is 2. The summed E-state index contributed by atoms with van der Waals surface area (Å²) in [7, 11) is 0. The maximum Gasteiger partial charge on any atom is 0.244 e. The number of carbonyl (C=O) groups is 1. The van der Waals surface area contributed by atoms with Gasteiger partial charge in [0.1, 0.15) is 0 Å². The van der Waals surface area contributed by atoms with Crippen LogP contribution in [-0.4, -0.2) is 23.4 Å². The summed E-state index contributed by atoms with van der Waals surface area (Å²) in [4.78, 5) is 13.8. The van der Waals surface area contributed by atoms with Gasteiger partial charge in [-0.05, 0) is 0 Å². The zero-order valence-electron chi connectivity index (χ0n) is 5.83. The highest BCUT2D eigenvalue weighted by Crippen LogP contribution is 1.96. The first kappa shape index (κ1) is 9.45. The Bertz CT molecular complexity index is 146. The molecule has 1 amide bonds. The van der Waals surface area contributed by atoms with Gasteiger partial charge in [-0.15, -0.1) is 0 Å². The van der Waals surface area contributed by atoms with Crippen LogP contribution >= 0.6 is 11.8 Å². The Morgan fingerprint density at radius 2 is 2.30 bits per heavy atom. The van der Waals surface area contributed by atoms with Gasteiger partial charge in [0.15, 0.2) is 5.17 Å². The lowest BCUT2D eigenvalue weighted by atomic mass is 10.8. The van der Waals surface area contributed by atoms with Crippen molar-refractivity contribution in [2.75, 3.05) is 12.3 Å². The molecule has 0 radical (unpaired) electrons. The molecule has 0 rings (SSSR count). The van der Waals surface area contributed by atoms with Crippen molar-refractivity contribution < 1.29 is 4.79 Å². The van der Waals surface area contributed by atoms with E-state index < -0.39 is 0 Å². The first-order valence-corrected chi connectivity index (χ1v) is 3.83. The fraction of sp³-hybridized carbons (Fsp3) is 0.600. The van der Waals surface area contributed by atoms with E-state index in [0.717, 1.165) is 0 Å². The van der Waals surface area contributed by atoms with E-state index in [2.05, 4.69) is 4.99 Å². The number of hydrogen-bond donors (Lipinski definition) is 2. The molecule has 4 nitrogen and oxygen atoms in total. The number of nitrogens with zero attached hydrogens (tertiary/aromatic N) is 1. The number of hydrogen-bond acceptors (Lipinski definition) is 3. The predicted octanol–water partition coefficient (Wildman–Crippen LogP) is -0.461. The van der Waals surface area contributed by atoms with Crippen LogP contribution in [0.25, 0.3) is 0 Å². The second kappa shape index (κ2) is 5.25. The summed E-state index contributed by atoms with van der Waals surface area (Å²) in [6.45, 7) is 1.90. The van der Waals surface area contributed by atoms with Gasteiger partial charge in [0.25, 0.3) is 0 Å². The van der Waals surface area contributed by atoms with Crippen LogP contribution in [0.2, 0.25) is 0 Å². The molecule has 0 unspecified atom stereocenters. The van der Waals surface area contributed by atoms with Crippen molar-refractivity contribution in [2.45, 2.75) is 6.92 Å². The van der Waals surface area contributed by atoms with Gasteiger partial charge in [0, 0.05) is 19.2 Å².